The molecule has 1 saturated heterocycles. The average Bonchev–Trinajstić information content (AvgIpc) is 2.47. The van der Waals surface area contributed by atoms with Crippen molar-refractivity contribution in [2.24, 2.45) is 5.73 Å². The molecule has 3 unspecified atom stereocenters. The van der Waals surface area contributed by atoms with Crippen molar-refractivity contribution in [3.63, 3.8) is 0 Å². The third-order valence-corrected chi connectivity index (χ3v) is 2.85. The smallest absolute Gasteiger partial charge is 0.352 e. The number of nitrogens with zero attached hydrogens (tertiary/aromatic N) is 1. The second kappa shape index (κ2) is 5.22. The molecule has 0 aliphatic carbocycles. The molecular formula is C10H18F3N3O. The summed E-state index contributed by atoms with van der Waals surface area (Å²) in [5, 5.41) is 2.63. The lowest BCUT2D eigenvalue weighted by atomic mass is 10.1. The number of nitrogens with one attached hydrogen (secondary N) is 1. The second-order valence-electron chi connectivity index (χ2n) is 4.53. The maximum absolute atomic E-state index is 12.8. The summed E-state index contributed by atoms with van der Waals surface area (Å²) in [6.45, 7) is 3.21. The summed E-state index contributed by atoms with van der Waals surface area (Å²) in [7, 11) is 0. The SMILES string of the molecule is CC(=O)NC1CCN(C(C(C)N)C(F)(F)F)C1. The van der Waals surface area contributed by atoms with Gasteiger partial charge >= 0.3 is 6.18 Å². The third kappa shape index (κ3) is 3.85. The van der Waals surface area contributed by atoms with Crippen molar-refractivity contribution in [2.45, 2.75) is 44.6 Å². The van der Waals surface area contributed by atoms with E-state index in [0.29, 0.717) is 13.0 Å². The van der Waals surface area contributed by atoms with Crippen LogP contribution >= 0.6 is 0 Å². The number of hydrogen-bond acceptors (Lipinski definition) is 3. The predicted octanol–water partition coefficient (Wildman–Crippen LogP) is 0.475. The number of carbonyl (C=O) groups is 1. The van der Waals surface area contributed by atoms with Crippen molar-refractivity contribution >= 4 is 5.91 Å². The van der Waals surface area contributed by atoms with Gasteiger partial charge in [-0.15, -0.1) is 0 Å². The van der Waals surface area contributed by atoms with E-state index in [4.69, 9.17) is 5.73 Å². The molecule has 0 bridgehead atoms. The molecule has 1 amide bonds. The molecule has 3 N–H and O–H groups in total. The number of hydrogen-bond donors (Lipinski definition) is 2. The standard InChI is InChI=1S/C10H18F3N3O/c1-6(14)9(10(11,12)13)16-4-3-8(5-16)15-7(2)17/h6,8-9H,3-5,14H2,1-2H3,(H,15,17). The Morgan fingerprint density at radius 2 is 2.12 bits per heavy atom. The Hall–Kier alpha value is -0.820. The first-order chi connectivity index (χ1) is 7.71. The molecule has 1 fully saturated rings. The Kier molecular flexibility index (Phi) is 4.37. The first-order valence-corrected chi connectivity index (χ1v) is 5.55. The zero-order valence-corrected chi connectivity index (χ0v) is 9.92. The highest BCUT2D eigenvalue weighted by Crippen LogP contribution is 2.29. The van der Waals surface area contributed by atoms with Crippen molar-refractivity contribution in [3.05, 3.63) is 0 Å². The summed E-state index contributed by atoms with van der Waals surface area (Å²) >= 11 is 0. The first kappa shape index (κ1) is 14.2. The summed E-state index contributed by atoms with van der Waals surface area (Å²) in [6.07, 6.45) is -3.81. The van der Waals surface area contributed by atoms with Crippen molar-refractivity contribution < 1.29 is 18.0 Å². The molecule has 4 nitrogen and oxygen atoms in total. The summed E-state index contributed by atoms with van der Waals surface area (Å²) in [5.74, 6) is -0.221. The molecule has 1 aliphatic rings. The van der Waals surface area contributed by atoms with Crippen LogP contribution in [0.2, 0.25) is 0 Å². The molecule has 0 radical (unpaired) electrons. The summed E-state index contributed by atoms with van der Waals surface area (Å²) < 4.78 is 38.4. The number of halogens is 3. The number of rotatable bonds is 3. The molecule has 100 valence electrons. The number of amides is 1. The van der Waals surface area contributed by atoms with Crippen LogP contribution in [0.15, 0.2) is 0 Å². The fourth-order valence-corrected chi connectivity index (χ4v) is 2.28. The van der Waals surface area contributed by atoms with E-state index in [1.54, 1.807) is 0 Å². The third-order valence-electron chi connectivity index (χ3n) is 2.85. The lowest BCUT2D eigenvalue weighted by Crippen LogP contribution is -2.54. The monoisotopic (exact) mass is 253 g/mol. The van der Waals surface area contributed by atoms with Gasteiger partial charge in [0.1, 0.15) is 6.04 Å². The van der Waals surface area contributed by atoms with E-state index in [-0.39, 0.29) is 18.5 Å². The summed E-state index contributed by atoms with van der Waals surface area (Å²) in [6, 6.07) is -2.83. The number of alkyl halides is 3. The maximum atomic E-state index is 12.8. The van der Waals surface area contributed by atoms with Gasteiger partial charge in [0, 0.05) is 32.1 Å². The van der Waals surface area contributed by atoms with Gasteiger partial charge in [0.25, 0.3) is 0 Å². The largest absolute Gasteiger partial charge is 0.405 e. The lowest BCUT2D eigenvalue weighted by Gasteiger charge is -2.32. The summed E-state index contributed by atoms with van der Waals surface area (Å²) in [5.41, 5.74) is 5.40. The normalized spacial score (nSPS) is 25.6. The van der Waals surface area contributed by atoms with Gasteiger partial charge in [0.2, 0.25) is 5.91 Å². The molecule has 0 saturated carbocycles. The Morgan fingerprint density at radius 3 is 2.53 bits per heavy atom. The van der Waals surface area contributed by atoms with E-state index in [1.165, 1.54) is 18.7 Å². The maximum Gasteiger partial charge on any atom is 0.405 e. The molecule has 0 aromatic heterocycles. The second-order valence-corrected chi connectivity index (χ2v) is 4.53. The minimum absolute atomic E-state index is 0.200. The van der Waals surface area contributed by atoms with Crippen LogP contribution in [0.3, 0.4) is 0 Å². The van der Waals surface area contributed by atoms with Crippen molar-refractivity contribution in [3.8, 4) is 0 Å². The Morgan fingerprint density at radius 1 is 1.53 bits per heavy atom. The zero-order chi connectivity index (χ0) is 13.2. The van der Waals surface area contributed by atoms with Gasteiger partial charge < -0.3 is 11.1 Å². The highest BCUT2D eigenvalue weighted by molar-refractivity contribution is 5.73. The minimum atomic E-state index is -4.33. The number of carbonyl (C=O) groups excluding carboxylic acids is 1. The highest BCUT2D eigenvalue weighted by atomic mass is 19.4. The van der Waals surface area contributed by atoms with E-state index in [1.807, 2.05) is 0 Å². The highest BCUT2D eigenvalue weighted by Gasteiger charge is 2.47. The topological polar surface area (TPSA) is 58.4 Å². The van der Waals surface area contributed by atoms with Crippen LogP contribution in [-0.4, -0.2) is 48.2 Å². The quantitative estimate of drug-likeness (QED) is 0.769. The van der Waals surface area contributed by atoms with E-state index in [0.717, 1.165) is 0 Å². The van der Waals surface area contributed by atoms with Gasteiger partial charge in [-0.1, -0.05) is 0 Å². The van der Waals surface area contributed by atoms with Gasteiger partial charge in [0.15, 0.2) is 0 Å². The number of nitrogens with two attached hydrogens (primary N) is 1. The fourth-order valence-electron chi connectivity index (χ4n) is 2.28. The van der Waals surface area contributed by atoms with E-state index in [9.17, 15) is 18.0 Å². The molecule has 7 heteroatoms. The van der Waals surface area contributed by atoms with Gasteiger partial charge in [-0.05, 0) is 13.3 Å². The van der Waals surface area contributed by atoms with Crippen molar-refractivity contribution in [2.75, 3.05) is 13.1 Å². The van der Waals surface area contributed by atoms with E-state index >= 15 is 0 Å². The molecule has 17 heavy (non-hydrogen) atoms. The van der Waals surface area contributed by atoms with E-state index in [2.05, 4.69) is 5.32 Å². The van der Waals surface area contributed by atoms with Gasteiger partial charge in [0.05, 0.1) is 0 Å². The van der Waals surface area contributed by atoms with Gasteiger partial charge in [-0.25, -0.2) is 0 Å². The zero-order valence-electron chi connectivity index (χ0n) is 9.92. The predicted molar refractivity (Wildman–Crippen MR) is 57.3 cm³/mol. The molecule has 0 aromatic rings. The van der Waals surface area contributed by atoms with Crippen molar-refractivity contribution in [1.29, 1.82) is 0 Å². The molecule has 0 aromatic carbocycles. The molecule has 3 atom stereocenters. The van der Waals surface area contributed by atoms with Crippen LogP contribution in [0.4, 0.5) is 13.2 Å². The van der Waals surface area contributed by atoms with Crippen LogP contribution in [0, 0.1) is 0 Å². The van der Waals surface area contributed by atoms with E-state index < -0.39 is 18.3 Å². The Labute approximate surface area is 98.3 Å². The fraction of sp³-hybridized carbons (Fsp3) is 0.900. The first-order valence-electron chi connectivity index (χ1n) is 5.55. The van der Waals surface area contributed by atoms with Crippen LogP contribution in [-0.2, 0) is 4.79 Å². The minimum Gasteiger partial charge on any atom is -0.352 e. The molecule has 1 heterocycles. The van der Waals surface area contributed by atoms with Crippen LogP contribution in [0.5, 0.6) is 0 Å². The molecule has 1 aliphatic heterocycles. The number of likely N-dealkylation sites (tertiary alicyclic amines) is 1. The Balaban J connectivity index is 2.64. The van der Waals surface area contributed by atoms with Crippen molar-refractivity contribution in [1.82, 2.24) is 10.2 Å². The molecule has 0 spiro atoms. The lowest BCUT2D eigenvalue weighted by molar-refractivity contribution is -0.185. The van der Waals surface area contributed by atoms with Crippen LogP contribution in [0.25, 0.3) is 0 Å². The van der Waals surface area contributed by atoms with Gasteiger partial charge in [-0.2, -0.15) is 13.2 Å². The summed E-state index contributed by atoms with van der Waals surface area (Å²) in [4.78, 5) is 12.1. The Bertz CT molecular complexity index is 280. The molecule has 1 rings (SSSR count). The van der Waals surface area contributed by atoms with Crippen LogP contribution in [0.1, 0.15) is 20.3 Å². The average molecular weight is 253 g/mol. The van der Waals surface area contributed by atoms with Gasteiger partial charge in [-0.3, -0.25) is 9.69 Å². The van der Waals surface area contributed by atoms with Crippen LogP contribution < -0.4 is 11.1 Å². The molecular weight excluding hydrogens is 235 g/mol.